The number of carbonyl (C=O) groups is 2. The van der Waals surface area contributed by atoms with Crippen LogP contribution < -0.4 is 5.32 Å². The molecule has 1 atom stereocenters. The molecule has 1 unspecified atom stereocenters. The fourth-order valence-corrected chi connectivity index (χ4v) is 3.15. The van der Waals surface area contributed by atoms with Crippen molar-refractivity contribution in [3.05, 3.63) is 34.6 Å². The van der Waals surface area contributed by atoms with Crippen molar-refractivity contribution < 1.29 is 14.0 Å². The molecule has 1 aliphatic rings. The Morgan fingerprint density at radius 2 is 1.72 bits per heavy atom. The maximum absolute atomic E-state index is 13.4. The smallest absolute Gasteiger partial charge is 0.255 e. The molecule has 0 aromatic heterocycles. The third-order valence-electron chi connectivity index (χ3n) is 4.06. The summed E-state index contributed by atoms with van der Waals surface area (Å²) in [7, 11) is 0. The third kappa shape index (κ3) is 5.16. The number of hydrogen-bond acceptors (Lipinski definition) is 3. The average molecular weight is 370 g/mol. The van der Waals surface area contributed by atoms with Crippen molar-refractivity contribution in [2.24, 2.45) is 0 Å². The van der Waals surface area contributed by atoms with Crippen LogP contribution in [0.15, 0.2) is 18.2 Å². The van der Waals surface area contributed by atoms with Gasteiger partial charge in [-0.3, -0.25) is 9.59 Å². The Balaban J connectivity index is 1.96. The second-order valence-corrected chi connectivity index (χ2v) is 7.76. The monoisotopic (exact) mass is 369 g/mol. The van der Waals surface area contributed by atoms with Gasteiger partial charge in [0.05, 0.1) is 16.6 Å². The molecule has 2 amide bonds. The van der Waals surface area contributed by atoms with Crippen LogP contribution in [-0.4, -0.2) is 59.4 Å². The number of hydrogen-bond donors (Lipinski definition) is 1. The molecule has 0 spiro atoms. The largest absolute Gasteiger partial charge is 0.338 e. The van der Waals surface area contributed by atoms with Crippen LogP contribution in [0.5, 0.6) is 0 Å². The van der Waals surface area contributed by atoms with E-state index in [9.17, 15) is 14.0 Å². The predicted molar refractivity (Wildman–Crippen MR) is 96.2 cm³/mol. The first-order chi connectivity index (χ1) is 11.6. The van der Waals surface area contributed by atoms with Crippen LogP contribution in [0.3, 0.4) is 0 Å². The number of piperazine rings is 1. The van der Waals surface area contributed by atoms with Crippen molar-refractivity contribution in [2.75, 3.05) is 26.2 Å². The second kappa shape index (κ2) is 7.70. The van der Waals surface area contributed by atoms with Crippen LogP contribution in [0, 0.1) is 5.82 Å². The van der Waals surface area contributed by atoms with E-state index in [-0.39, 0.29) is 34.0 Å². The second-order valence-electron chi connectivity index (χ2n) is 7.36. The van der Waals surface area contributed by atoms with Crippen molar-refractivity contribution in [3.63, 3.8) is 0 Å². The van der Waals surface area contributed by atoms with Gasteiger partial charge in [0.25, 0.3) is 5.91 Å². The van der Waals surface area contributed by atoms with Crippen molar-refractivity contribution >= 4 is 23.4 Å². The molecule has 1 saturated heterocycles. The quantitative estimate of drug-likeness (QED) is 0.890. The molecule has 138 valence electrons. The number of halogens is 2. The summed E-state index contributed by atoms with van der Waals surface area (Å²) in [5, 5.41) is 3.49. The number of nitrogens with zero attached hydrogens (tertiary/aromatic N) is 2. The van der Waals surface area contributed by atoms with Gasteiger partial charge < -0.3 is 15.1 Å². The Hall–Kier alpha value is -1.66. The lowest BCUT2D eigenvalue weighted by Gasteiger charge is -2.37. The molecule has 7 heteroatoms. The highest BCUT2D eigenvalue weighted by molar-refractivity contribution is 6.33. The minimum atomic E-state index is -0.497. The topological polar surface area (TPSA) is 52.7 Å². The van der Waals surface area contributed by atoms with E-state index in [1.807, 2.05) is 27.7 Å². The lowest BCUT2D eigenvalue weighted by Crippen LogP contribution is -2.56. The van der Waals surface area contributed by atoms with Gasteiger partial charge in [0.15, 0.2) is 0 Å². The molecule has 0 saturated carbocycles. The number of carbonyl (C=O) groups excluding carboxylic acids is 2. The van der Waals surface area contributed by atoms with Crippen molar-refractivity contribution in [1.29, 1.82) is 0 Å². The average Bonchev–Trinajstić information content (AvgIpc) is 2.54. The summed E-state index contributed by atoms with van der Waals surface area (Å²) in [5.74, 6) is -0.785. The van der Waals surface area contributed by atoms with Crippen molar-refractivity contribution in [3.8, 4) is 0 Å². The zero-order valence-electron chi connectivity index (χ0n) is 15.1. The van der Waals surface area contributed by atoms with E-state index in [4.69, 9.17) is 11.6 Å². The fourth-order valence-electron chi connectivity index (χ4n) is 2.95. The Morgan fingerprint density at radius 3 is 2.28 bits per heavy atom. The number of nitrogens with one attached hydrogen (secondary N) is 1. The van der Waals surface area contributed by atoms with Gasteiger partial charge in [-0.05, 0) is 45.9 Å². The van der Waals surface area contributed by atoms with Crippen LogP contribution in [0.25, 0.3) is 0 Å². The highest BCUT2D eigenvalue weighted by Crippen LogP contribution is 2.20. The maximum atomic E-state index is 13.4. The molecule has 0 radical (unpaired) electrons. The Kier molecular flexibility index (Phi) is 6.06. The number of rotatable bonds is 3. The molecule has 25 heavy (non-hydrogen) atoms. The summed E-state index contributed by atoms with van der Waals surface area (Å²) in [5.41, 5.74) is 0.00489. The molecule has 1 aromatic carbocycles. The summed E-state index contributed by atoms with van der Waals surface area (Å²) >= 11 is 6.01. The minimum absolute atomic E-state index is 0.0193. The maximum Gasteiger partial charge on any atom is 0.255 e. The number of benzene rings is 1. The molecular formula is C18H25ClFN3O2. The summed E-state index contributed by atoms with van der Waals surface area (Å²) in [6.45, 7) is 9.58. The standard InChI is InChI=1S/C18H25ClFN3O2/c1-12(21-18(2,3)4)16(24)22-7-9-23(10-8-22)17(25)14-11-13(20)5-6-15(14)19/h5-6,11-12,21H,7-10H2,1-4H3. The van der Waals surface area contributed by atoms with Gasteiger partial charge in [-0.1, -0.05) is 11.6 Å². The van der Waals surface area contributed by atoms with Crippen LogP contribution in [-0.2, 0) is 4.79 Å². The molecule has 1 heterocycles. The molecule has 1 N–H and O–H groups in total. The normalized spacial score (nSPS) is 16.7. The van der Waals surface area contributed by atoms with Gasteiger partial charge in [0.1, 0.15) is 5.82 Å². The summed E-state index contributed by atoms with van der Waals surface area (Å²) in [4.78, 5) is 28.4. The van der Waals surface area contributed by atoms with E-state index in [1.54, 1.807) is 9.80 Å². The Morgan fingerprint density at radius 1 is 1.16 bits per heavy atom. The van der Waals surface area contributed by atoms with Gasteiger partial charge in [0.2, 0.25) is 5.91 Å². The first-order valence-electron chi connectivity index (χ1n) is 8.39. The van der Waals surface area contributed by atoms with E-state index < -0.39 is 5.82 Å². The van der Waals surface area contributed by atoms with E-state index in [2.05, 4.69) is 5.32 Å². The first-order valence-corrected chi connectivity index (χ1v) is 8.77. The van der Waals surface area contributed by atoms with E-state index >= 15 is 0 Å². The lowest BCUT2D eigenvalue weighted by atomic mass is 10.1. The summed E-state index contributed by atoms with van der Waals surface area (Å²) in [6, 6.07) is 3.46. The fraction of sp³-hybridized carbons (Fsp3) is 0.556. The van der Waals surface area contributed by atoms with Gasteiger partial charge in [-0.25, -0.2) is 4.39 Å². The highest BCUT2D eigenvalue weighted by Gasteiger charge is 2.29. The van der Waals surface area contributed by atoms with Crippen molar-refractivity contribution in [2.45, 2.75) is 39.3 Å². The van der Waals surface area contributed by atoms with E-state index in [0.717, 1.165) is 6.07 Å². The molecule has 0 bridgehead atoms. The van der Waals surface area contributed by atoms with E-state index in [0.29, 0.717) is 26.2 Å². The molecule has 5 nitrogen and oxygen atoms in total. The third-order valence-corrected chi connectivity index (χ3v) is 4.39. The molecule has 0 aliphatic carbocycles. The minimum Gasteiger partial charge on any atom is -0.338 e. The van der Waals surface area contributed by atoms with Gasteiger partial charge >= 0.3 is 0 Å². The van der Waals surface area contributed by atoms with Crippen molar-refractivity contribution in [1.82, 2.24) is 15.1 Å². The molecule has 1 aliphatic heterocycles. The number of amides is 2. The summed E-state index contributed by atoms with van der Waals surface area (Å²) in [6.07, 6.45) is 0. The predicted octanol–water partition coefficient (Wildman–Crippen LogP) is 2.54. The van der Waals surface area contributed by atoms with Crippen LogP contribution >= 0.6 is 11.6 Å². The van der Waals surface area contributed by atoms with Gasteiger partial charge in [-0.15, -0.1) is 0 Å². The zero-order chi connectivity index (χ0) is 18.8. The zero-order valence-corrected chi connectivity index (χ0v) is 15.9. The molecule has 1 fully saturated rings. The molecule has 1 aromatic rings. The first kappa shape index (κ1) is 19.7. The molecular weight excluding hydrogens is 345 g/mol. The Bertz CT molecular complexity index is 652. The highest BCUT2D eigenvalue weighted by atomic mass is 35.5. The van der Waals surface area contributed by atoms with Gasteiger partial charge in [0, 0.05) is 31.7 Å². The SMILES string of the molecule is CC(NC(C)(C)C)C(=O)N1CCN(C(=O)c2cc(F)ccc2Cl)CC1. The van der Waals surface area contributed by atoms with Crippen LogP contribution in [0.1, 0.15) is 38.1 Å². The van der Waals surface area contributed by atoms with Crippen LogP contribution in [0.2, 0.25) is 5.02 Å². The Labute approximate surface area is 153 Å². The van der Waals surface area contributed by atoms with Crippen LogP contribution in [0.4, 0.5) is 4.39 Å². The molecule has 2 rings (SSSR count). The summed E-state index contributed by atoms with van der Waals surface area (Å²) < 4.78 is 13.4. The van der Waals surface area contributed by atoms with Gasteiger partial charge in [-0.2, -0.15) is 0 Å². The van der Waals surface area contributed by atoms with E-state index in [1.165, 1.54) is 12.1 Å². The lowest BCUT2D eigenvalue weighted by molar-refractivity contribution is -0.135.